The van der Waals surface area contributed by atoms with Crippen molar-refractivity contribution in [1.29, 1.82) is 0 Å². The summed E-state index contributed by atoms with van der Waals surface area (Å²) in [6.07, 6.45) is 10.0. The number of hydrogen-bond donors (Lipinski definition) is 3. The Hall–Kier alpha value is -1.30. The summed E-state index contributed by atoms with van der Waals surface area (Å²) in [5.74, 6) is 2.05. The van der Waals surface area contributed by atoms with Crippen molar-refractivity contribution in [2.75, 3.05) is 5.32 Å². The Morgan fingerprint density at radius 1 is 1.35 bits per heavy atom. The number of H-pyrrole nitrogens is 1. The van der Waals surface area contributed by atoms with Crippen LogP contribution in [0.4, 0.5) is 15.9 Å². The Morgan fingerprint density at radius 3 is 2.91 bits per heavy atom. The molecule has 0 spiro atoms. The van der Waals surface area contributed by atoms with E-state index in [1.807, 2.05) is 6.07 Å². The fourth-order valence-electron chi connectivity index (χ4n) is 5.03. The van der Waals surface area contributed by atoms with Gasteiger partial charge >= 0.3 is 139 Å². The van der Waals surface area contributed by atoms with Gasteiger partial charge in [0.15, 0.2) is 0 Å². The molecule has 2 heterocycles. The summed E-state index contributed by atoms with van der Waals surface area (Å²) in [4.78, 5) is 5.21. The molecule has 2 aliphatic rings. The van der Waals surface area contributed by atoms with E-state index in [0.717, 1.165) is 36.9 Å². The molecule has 1 aromatic heterocycles. The third-order valence-electron chi connectivity index (χ3n) is 6.82. The van der Waals surface area contributed by atoms with E-state index in [2.05, 4.69) is 71.0 Å². The maximum atomic E-state index is 14.9. The minimum absolute atomic E-state index is 0. The van der Waals surface area contributed by atoms with Gasteiger partial charge in [0.2, 0.25) is 0 Å². The van der Waals surface area contributed by atoms with E-state index < -0.39 is 21.9 Å². The van der Waals surface area contributed by atoms with Crippen LogP contribution in [0.5, 0.6) is 0 Å². The third kappa shape index (κ3) is 6.27. The number of fused-ring (bicyclic) bond motifs is 1. The Balaban J connectivity index is 0.00000324. The molecule has 1 aromatic carbocycles. The number of halogens is 1. The molecule has 0 saturated heterocycles. The molecule has 3 atom stereocenters. The molecule has 3 unspecified atom stereocenters. The Morgan fingerprint density at radius 2 is 2.18 bits per heavy atom. The molecular formula is C26H37FN5SSb-. The van der Waals surface area contributed by atoms with Gasteiger partial charge in [-0.05, 0) is 25.3 Å². The van der Waals surface area contributed by atoms with Crippen LogP contribution in [-0.2, 0) is 20.0 Å². The minimum atomic E-state index is -0.605. The van der Waals surface area contributed by atoms with Gasteiger partial charge in [-0.1, -0.05) is 33.3 Å². The van der Waals surface area contributed by atoms with Crippen LogP contribution < -0.4 is 12.3 Å². The average Bonchev–Trinajstić information content (AvgIpc) is 3.55. The van der Waals surface area contributed by atoms with Crippen LogP contribution in [0.25, 0.3) is 0 Å². The van der Waals surface area contributed by atoms with Crippen LogP contribution in [-0.4, -0.2) is 43.8 Å². The molecule has 8 heteroatoms. The van der Waals surface area contributed by atoms with Crippen molar-refractivity contribution in [2.24, 2.45) is 16.8 Å². The predicted octanol–water partition coefficient (Wildman–Crippen LogP) is 5.10. The molecule has 4 rings (SSSR count). The third-order valence-corrected chi connectivity index (χ3v) is 9.61. The van der Waals surface area contributed by atoms with Crippen molar-refractivity contribution in [2.45, 2.75) is 78.3 Å². The second-order valence-corrected chi connectivity index (χ2v) is 12.5. The molecule has 2 aromatic rings. The molecule has 0 amide bonds. The van der Waals surface area contributed by atoms with Crippen molar-refractivity contribution >= 4 is 56.1 Å². The number of nitrogens with zero attached hydrogens (tertiary/aromatic N) is 2. The second-order valence-electron chi connectivity index (χ2n) is 9.54. The average molecular weight is 592 g/mol. The van der Waals surface area contributed by atoms with Crippen molar-refractivity contribution in [3.05, 3.63) is 47.4 Å². The molecule has 1 saturated carbocycles. The summed E-state index contributed by atoms with van der Waals surface area (Å²) in [5.41, 5.74) is 3.70. The van der Waals surface area contributed by atoms with Crippen LogP contribution in [0.15, 0.2) is 35.3 Å². The van der Waals surface area contributed by atoms with E-state index in [1.54, 1.807) is 0 Å². The van der Waals surface area contributed by atoms with Crippen molar-refractivity contribution in [1.82, 2.24) is 13.7 Å². The van der Waals surface area contributed by atoms with Crippen LogP contribution >= 0.6 is 0 Å². The number of hydrogen-bond acceptors (Lipinski definition) is 5. The summed E-state index contributed by atoms with van der Waals surface area (Å²) in [7, 11) is 0. The first-order chi connectivity index (χ1) is 16.0. The summed E-state index contributed by atoms with van der Waals surface area (Å²) in [6.45, 7) is 9.41. The van der Waals surface area contributed by atoms with E-state index in [1.165, 1.54) is 15.6 Å². The number of anilines is 2. The number of nitrogens with one attached hydrogen (secondary N) is 3. The molecule has 5 nitrogen and oxygen atoms in total. The van der Waals surface area contributed by atoms with E-state index in [-0.39, 0.29) is 19.3 Å². The number of aliphatic imine (C=N–C) groups is 1. The first-order valence-electron chi connectivity index (χ1n) is 12.3. The maximum absolute atomic E-state index is 14.9. The predicted molar refractivity (Wildman–Crippen MR) is 145 cm³/mol. The van der Waals surface area contributed by atoms with E-state index in [0.29, 0.717) is 41.8 Å². The van der Waals surface area contributed by atoms with Gasteiger partial charge in [0, 0.05) is 5.71 Å². The maximum Gasteiger partial charge on any atom is -0.00492 e. The van der Waals surface area contributed by atoms with E-state index >= 15 is 0 Å². The van der Waals surface area contributed by atoms with Crippen LogP contribution in [0.3, 0.4) is 0 Å². The standard InChI is InChI=1S/C26H36FN5.H2S.Sb/c1-5-8-21(17(3)4)29-22(9-6-2)18-12-13-19(14-18)24-15-25(32-31-24)30-23-11-7-10-20(16-28)26(23)27;;/h5,7-8,11,15,17-19,22,28H,6,9,12-14,16H2,1-4H3,(H2,30,31,32);1H2;/q-1;;+1/p-1/b8-5-,29-21?;;. The van der Waals surface area contributed by atoms with E-state index in [9.17, 15) is 4.39 Å². The molecule has 1 aliphatic carbocycles. The van der Waals surface area contributed by atoms with Gasteiger partial charge in [-0.2, -0.15) is 0 Å². The number of aromatic amines is 1. The van der Waals surface area contributed by atoms with Crippen LogP contribution in [0, 0.1) is 17.7 Å². The van der Waals surface area contributed by atoms with Crippen molar-refractivity contribution in [3.8, 4) is 0 Å². The van der Waals surface area contributed by atoms with Gasteiger partial charge in [0.25, 0.3) is 0 Å². The minimum Gasteiger partial charge on any atom is -0.813 e. The number of rotatable bonds is 9. The quantitative estimate of drug-likeness (QED) is 0.164. The Bertz CT molecular complexity index is 1020. The van der Waals surface area contributed by atoms with Crippen LogP contribution in [0.2, 0.25) is 0 Å². The van der Waals surface area contributed by atoms with Gasteiger partial charge in [-0.3, -0.25) is 4.99 Å². The zero-order valence-electron chi connectivity index (χ0n) is 20.6. The van der Waals surface area contributed by atoms with Crippen molar-refractivity contribution < 1.29 is 4.39 Å². The zero-order valence-corrected chi connectivity index (χ0v) is 24.1. The van der Waals surface area contributed by atoms with Gasteiger partial charge < -0.3 is 13.5 Å². The largest absolute Gasteiger partial charge is 0.813 e. The first-order valence-corrected chi connectivity index (χ1v) is 14.8. The number of benzene rings is 1. The molecule has 34 heavy (non-hydrogen) atoms. The number of thiol groups is 1. The zero-order chi connectivity index (χ0) is 23.4. The molecule has 185 valence electrons. The van der Waals surface area contributed by atoms with Crippen LogP contribution in [0.1, 0.15) is 77.0 Å². The topological polar surface area (TPSA) is 65.1 Å². The first kappa shape index (κ1) is 27.3. The molecule has 3 N–H and O–H groups in total. The Kier molecular flexibility index (Phi) is 10.1. The van der Waals surface area contributed by atoms with Crippen molar-refractivity contribution in [3.63, 3.8) is 0 Å². The summed E-state index contributed by atoms with van der Waals surface area (Å²) in [6, 6.07) is 6.35. The number of allylic oxidation sites excluding steroid dienone is 2. The van der Waals surface area contributed by atoms with Gasteiger partial charge in [0.1, 0.15) is 0 Å². The molecule has 1 radical (unpaired) electrons. The smallest absolute Gasteiger partial charge is 0.00492 e. The molecule has 1 aliphatic heterocycles. The molecular weight excluding hydrogens is 555 g/mol. The molecule has 0 bridgehead atoms. The second kappa shape index (κ2) is 12.6. The normalized spacial score (nSPS) is 21.2. The monoisotopic (exact) mass is 591 g/mol. The van der Waals surface area contributed by atoms with E-state index in [4.69, 9.17) is 4.99 Å². The fraction of sp³-hybridized carbons (Fsp3) is 0.538. The fourth-order valence-corrected chi connectivity index (χ4v) is 7.51. The summed E-state index contributed by atoms with van der Waals surface area (Å²) >= 11 is -0.605. The van der Waals surface area contributed by atoms with Gasteiger partial charge in [-0.25, -0.2) is 0 Å². The summed E-state index contributed by atoms with van der Waals surface area (Å²) in [5, 5.41) is 10.9. The molecule has 1 fully saturated rings. The SMILES string of the molecule is C/C=C\C(=NC(CCC)C1CCC(c2cc(Nc3cc[c]4c(c3F)C[NH][Sb]4)n[nH]2)C1)C(C)C.[SH-]. The summed E-state index contributed by atoms with van der Waals surface area (Å²) < 4.78 is 19.4. The van der Waals surface area contributed by atoms with Gasteiger partial charge in [-0.15, -0.1) is 0 Å². The number of aromatic nitrogens is 2. The Labute approximate surface area is 221 Å². The van der Waals surface area contributed by atoms with Gasteiger partial charge in [0.05, 0.1) is 0 Å².